The number of hydrogen-bond donors (Lipinski definition) is 2. The molecule has 0 fully saturated rings. The van der Waals surface area contributed by atoms with Crippen molar-refractivity contribution in [2.24, 2.45) is 11.7 Å². The first kappa shape index (κ1) is 16.8. The molecule has 0 aliphatic heterocycles. The van der Waals surface area contributed by atoms with E-state index in [1.165, 1.54) is 25.0 Å². The highest BCUT2D eigenvalue weighted by Crippen LogP contribution is 2.04. The van der Waals surface area contributed by atoms with E-state index in [4.69, 9.17) is 5.73 Å². The fraction of sp³-hybridized carbons (Fsp3) is 0.923. The molecular weight excluding hydrogens is 232 g/mol. The van der Waals surface area contributed by atoms with Crippen molar-refractivity contribution in [3.05, 3.63) is 0 Å². The molecule has 0 aliphatic rings. The minimum atomic E-state index is -0.0171. The third-order valence-electron chi connectivity index (χ3n) is 2.87. The number of nitrogens with one attached hydrogen (secondary N) is 1. The summed E-state index contributed by atoms with van der Waals surface area (Å²) in [5.41, 5.74) is 5.84. The molecule has 102 valence electrons. The quantitative estimate of drug-likeness (QED) is 0.593. The van der Waals surface area contributed by atoms with Crippen LogP contribution in [0.15, 0.2) is 0 Å². The Kier molecular flexibility index (Phi) is 10.8. The molecule has 1 amide bonds. The van der Waals surface area contributed by atoms with Gasteiger partial charge in [-0.05, 0) is 30.8 Å². The average Bonchev–Trinajstić information content (AvgIpc) is 2.27. The number of carbonyl (C=O) groups is 1. The Morgan fingerprint density at radius 3 is 2.47 bits per heavy atom. The molecule has 0 heterocycles. The Balaban J connectivity index is 3.33. The van der Waals surface area contributed by atoms with E-state index < -0.39 is 0 Å². The normalized spacial score (nSPS) is 12.8. The molecule has 4 heteroatoms. The van der Waals surface area contributed by atoms with Crippen molar-refractivity contribution in [2.45, 2.75) is 52.0 Å². The van der Waals surface area contributed by atoms with Gasteiger partial charge in [0.25, 0.3) is 0 Å². The van der Waals surface area contributed by atoms with E-state index in [1.54, 1.807) is 0 Å². The topological polar surface area (TPSA) is 55.1 Å². The number of amides is 1. The third-order valence-corrected chi connectivity index (χ3v) is 3.57. The average molecular weight is 260 g/mol. The van der Waals surface area contributed by atoms with Crippen molar-refractivity contribution in [3.63, 3.8) is 0 Å². The minimum absolute atomic E-state index is 0.0171. The lowest BCUT2D eigenvalue weighted by Gasteiger charge is -2.14. The van der Waals surface area contributed by atoms with Crippen LogP contribution in [0.5, 0.6) is 0 Å². The lowest BCUT2D eigenvalue weighted by atomic mass is 10.0. The van der Waals surface area contributed by atoms with Gasteiger partial charge in [0, 0.05) is 19.0 Å². The first-order chi connectivity index (χ1) is 8.07. The van der Waals surface area contributed by atoms with Gasteiger partial charge < -0.3 is 11.1 Å². The van der Waals surface area contributed by atoms with E-state index in [9.17, 15) is 4.79 Å². The minimum Gasteiger partial charge on any atom is -0.356 e. The Morgan fingerprint density at radius 1 is 1.24 bits per heavy atom. The van der Waals surface area contributed by atoms with Crippen LogP contribution in [-0.4, -0.2) is 30.5 Å². The van der Waals surface area contributed by atoms with Crippen molar-refractivity contribution in [3.8, 4) is 0 Å². The van der Waals surface area contributed by atoms with Crippen LogP contribution in [0.4, 0.5) is 0 Å². The monoisotopic (exact) mass is 260 g/mol. The predicted molar refractivity (Wildman–Crippen MR) is 77.3 cm³/mol. The summed E-state index contributed by atoms with van der Waals surface area (Å²) in [5.74, 6) is 1.71. The van der Waals surface area contributed by atoms with Gasteiger partial charge in [-0.3, -0.25) is 4.79 Å². The third kappa shape index (κ3) is 10.6. The smallest absolute Gasteiger partial charge is 0.221 e. The zero-order valence-electron chi connectivity index (χ0n) is 11.5. The molecule has 0 aromatic heterocycles. The summed E-state index contributed by atoms with van der Waals surface area (Å²) in [7, 11) is 0. The summed E-state index contributed by atoms with van der Waals surface area (Å²) in [6.45, 7) is 4.89. The highest BCUT2D eigenvalue weighted by molar-refractivity contribution is 7.98. The SMILES string of the molecule is CSCCCCCCNC(=O)CC(N)C(C)C. The first-order valence-corrected chi connectivity index (χ1v) is 7.98. The van der Waals surface area contributed by atoms with E-state index in [1.807, 2.05) is 25.6 Å². The molecule has 1 atom stereocenters. The number of nitrogens with two attached hydrogens (primary N) is 1. The standard InChI is InChI=1S/C13H28N2OS/c1-11(2)12(14)10-13(16)15-8-6-4-5-7-9-17-3/h11-12H,4-10,14H2,1-3H3,(H,15,16). The maximum absolute atomic E-state index is 11.5. The second-order valence-electron chi connectivity index (χ2n) is 4.87. The van der Waals surface area contributed by atoms with Gasteiger partial charge in [0.15, 0.2) is 0 Å². The summed E-state index contributed by atoms with van der Waals surface area (Å²) < 4.78 is 0. The van der Waals surface area contributed by atoms with Crippen LogP contribution in [0.1, 0.15) is 46.0 Å². The summed E-state index contributed by atoms with van der Waals surface area (Å²) in [4.78, 5) is 11.5. The molecular formula is C13H28N2OS. The zero-order chi connectivity index (χ0) is 13.1. The number of unbranched alkanes of at least 4 members (excludes halogenated alkanes) is 3. The molecule has 0 saturated carbocycles. The van der Waals surface area contributed by atoms with Crippen molar-refractivity contribution in [2.75, 3.05) is 18.6 Å². The van der Waals surface area contributed by atoms with Gasteiger partial charge in [-0.2, -0.15) is 11.8 Å². The van der Waals surface area contributed by atoms with Gasteiger partial charge in [-0.1, -0.05) is 26.7 Å². The predicted octanol–water partition coefficient (Wildman–Crippen LogP) is 2.40. The summed E-state index contributed by atoms with van der Waals surface area (Å²) in [5, 5.41) is 2.94. The molecule has 0 bridgehead atoms. The first-order valence-electron chi connectivity index (χ1n) is 6.59. The second-order valence-corrected chi connectivity index (χ2v) is 5.85. The Morgan fingerprint density at radius 2 is 1.88 bits per heavy atom. The number of thioether (sulfide) groups is 1. The molecule has 0 radical (unpaired) electrons. The van der Waals surface area contributed by atoms with Crippen LogP contribution in [-0.2, 0) is 4.79 Å². The van der Waals surface area contributed by atoms with Crippen LogP contribution in [0.25, 0.3) is 0 Å². The fourth-order valence-electron chi connectivity index (χ4n) is 1.47. The second kappa shape index (κ2) is 10.9. The van der Waals surface area contributed by atoms with Gasteiger partial charge in [-0.25, -0.2) is 0 Å². The van der Waals surface area contributed by atoms with Crippen LogP contribution in [0.3, 0.4) is 0 Å². The Labute approximate surface area is 110 Å². The van der Waals surface area contributed by atoms with Crippen LogP contribution < -0.4 is 11.1 Å². The van der Waals surface area contributed by atoms with Crippen LogP contribution >= 0.6 is 11.8 Å². The van der Waals surface area contributed by atoms with E-state index in [2.05, 4.69) is 11.6 Å². The highest BCUT2D eigenvalue weighted by atomic mass is 32.2. The maximum atomic E-state index is 11.5. The van der Waals surface area contributed by atoms with E-state index >= 15 is 0 Å². The van der Waals surface area contributed by atoms with Crippen molar-refractivity contribution in [1.82, 2.24) is 5.32 Å². The highest BCUT2D eigenvalue weighted by Gasteiger charge is 2.11. The largest absolute Gasteiger partial charge is 0.356 e. The number of hydrogen-bond acceptors (Lipinski definition) is 3. The van der Waals surface area contributed by atoms with Gasteiger partial charge in [0.2, 0.25) is 5.91 Å². The molecule has 0 spiro atoms. The molecule has 17 heavy (non-hydrogen) atoms. The summed E-state index contributed by atoms with van der Waals surface area (Å²) in [6.07, 6.45) is 7.42. The maximum Gasteiger partial charge on any atom is 0.221 e. The van der Waals surface area contributed by atoms with Crippen molar-refractivity contribution >= 4 is 17.7 Å². The molecule has 1 unspecified atom stereocenters. The number of carbonyl (C=O) groups excluding carboxylic acids is 1. The molecule has 0 aliphatic carbocycles. The molecule has 0 aromatic carbocycles. The van der Waals surface area contributed by atoms with Crippen LogP contribution in [0.2, 0.25) is 0 Å². The molecule has 0 aromatic rings. The Bertz CT molecular complexity index is 198. The van der Waals surface area contributed by atoms with Gasteiger partial charge >= 0.3 is 0 Å². The Hall–Kier alpha value is -0.220. The fourth-order valence-corrected chi connectivity index (χ4v) is 1.97. The van der Waals surface area contributed by atoms with Crippen LogP contribution in [0, 0.1) is 5.92 Å². The number of rotatable bonds is 10. The molecule has 0 saturated heterocycles. The molecule has 3 nitrogen and oxygen atoms in total. The molecule has 3 N–H and O–H groups in total. The lowest BCUT2D eigenvalue weighted by Crippen LogP contribution is -2.35. The zero-order valence-corrected chi connectivity index (χ0v) is 12.3. The summed E-state index contributed by atoms with van der Waals surface area (Å²) >= 11 is 1.90. The van der Waals surface area contributed by atoms with Gasteiger partial charge in [-0.15, -0.1) is 0 Å². The van der Waals surface area contributed by atoms with Crippen molar-refractivity contribution in [1.29, 1.82) is 0 Å². The van der Waals surface area contributed by atoms with Crippen molar-refractivity contribution < 1.29 is 4.79 Å². The summed E-state index contributed by atoms with van der Waals surface area (Å²) in [6, 6.07) is -0.0171. The van der Waals surface area contributed by atoms with E-state index in [0.717, 1.165) is 13.0 Å². The van der Waals surface area contributed by atoms with Gasteiger partial charge in [0.1, 0.15) is 0 Å². The molecule has 0 rings (SSSR count). The lowest BCUT2D eigenvalue weighted by molar-refractivity contribution is -0.121. The van der Waals surface area contributed by atoms with Gasteiger partial charge in [0.05, 0.1) is 0 Å². The van der Waals surface area contributed by atoms with E-state index in [0.29, 0.717) is 12.3 Å². The van der Waals surface area contributed by atoms with E-state index in [-0.39, 0.29) is 11.9 Å².